The van der Waals surface area contributed by atoms with Gasteiger partial charge in [0.05, 0.1) is 7.11 Å². The predicted octanol–water partition coefficient (Wildman–Crippen LogP) is 4.39. The van der Waals surface area contributed by atoms with Crippen LogP contribution in [0.4, 0.5) is 0 Å². The monoisotopic (exact) mass is 457 g/mol. The van der Waals surface area contributed by atoms with Gasteiger partial charge in [0.25, 0.3) is 0 Å². The minimum absolute atomic E-state index is 0.138. The van der Waals surface area contributed by atoms with Crippen molar-refractivity contribution in [3.05, 3.63) is 48.0 Å². The van der Waals surface area contributed by atoms with Gasteiger partial charge in [-0.1, -0.05) is 24.6 Å². The van der Waals surface area contributed by atoms with E-state index >= 15 is 0 Å². The number of sulfone groups is 1. The lowest BCUT2D eigenvalue weighted by molar-refractivity contribution is 0.0493. The lowest BCUT2D eigenvalue weighted by atomic mass is 9.90. The number of methoxy groups -OCH3 is 1. The first-order valence-corrected chi connectivity index (χ1v) is 13.1. The Balaban J connectivity index is 1.28. The van der Waals surface area contributed by atoms with E-state index in [0.29, 0.717) is 11.5 Å². The zero-order chi connectivity index (χ0) is 22.3. The molecule has 0 amide bonds. The van der Waals surface area contributed by atoms with Crippen molar-refractivity contribution in [3.63, 3.8) is 0 Å². The quantitative estimate of drug-likeness (QED) is 0.664. The van der Waals surface area contributed by atoms with Gasteiger partial charge in [-0.2, -0.15) is 0 Å². The van der Waals surface area contributed by atoms with Crippen molar-refractivity contribution in [3.8, 4) is 17.2 Å². The molecule has 0 spiro atoms. The Bertz CT molecular complexity index is 1060. The van der Waals surface area contributed by atoms with Gasteiger partial charge in [0, 0.05) is 19.1 Å². The minimum atomic E-state index is -3.59. The number of piperidine rings is 1. The molecule has 0 bridgehead atoms. The van der Waals surface area contributed by atoms with Gasteiger partial charge in [-0.3, -0.25) is 0 Å². The molecule has 172 valence electrons. The van der Waals surface area contributed by atoms with E-state index < -0.39 is 21.2 Å². The largest absolute Gasteiger partial charge is 0.495 e. The van der Waals surface area contributed by atoms with Crippen molar-refractivity contribution in [2.75, 3.05) is 20.2 Å². The first-order valence-electron chi connectivity index (χ1n) is 11.6. The highest BCUT2D eigenvalue weighted by molar-refractivity contribution is 7.92. The van der Waals surface area contributed by atoms with Gasteiger partial charge in [-0.15, -0.1) is 0 Å². The Morgan fingerprint density at radius 2 is 1.72 bits per heavy atom. The summed E-state index contributed by atoms with van der Waals surface area (Å²) in [6.45, 7) is 3.92. The first-order chi connectivity index (χ1) is 15.5. The van der Waals surface area contributed by atoms with E-state index in [1.807, 2.05) is 24.3 Å². The molecule has 2 aromatic rings. The SMILES string of the molecule is COc1cccc2c1S(=O)(=O)[C@H](C)[C@H](c1ccc(OC3CCN(C4CCC4)CC3)cc1)O2. The average Bonchev–Trinajstić information content (AvgIpc) is 2.76. The molecule has 2 atom stereocenters. The summed E-state index contributed by atoms with van der Waals surface area (Å²) in [5.74, 6) is 1.48. The minimum Gasteiger partial charge on any atom is -0.495 e. The Labute approximate surface area is 190 Å². The van der Waals surface area contributed by atoms with Crippen molar-refractivity contribution in [2.45, 2.75) is 67.4 Å². The summed E-state index contributed by atoms with van der Waals surface area (Å²) in [5, 5.41) is -0.728. The van der Waals surface area contributed by atoms with Crippen molar-refractivity contribution in [1.82, 2.24) is 4.90 Å². The summed E-state index contributed by atoms with van der Waals surface area (Å²) >= 11 is 0. The van der Waals surface area contributed by atoms with Gasteiger partial charge in [0.15, 0.2) is 14.7 Å². The van der Waals surface area contributed by atoms with Crippen molar-refractivity contribution >= 4 is 9.84 Å². The average molecular weight is 458 g/mol. The number of ether oxygens (including phenoxy) is 3. The number of hydrogen-bond donors (Lipinski definition) is 0. The van der Waals surface area contributed by atoms with E-state index in [4.69, 9.17) is 14.2 Å². The Kier molecular flexibility index (Phi) is 5.80. The molecule has 2 heterocycles. The highest BCUT2D eigenvalue weighted by Crippen LogP contribution is 2.45. The third-order valence-corrected chi connectivity index (χ3v) is 9.39. The number of likely N-dealkylation sites (tertiary alicyclic amines) is 1. The third-order valence-electron chi connectivity index (χ3n) is 7.20. The van der Waals surface area contributed by atoms with E-state index in [1.54, 1.807) is 25.1 Å². The summed E-state index contributed by atoms with van der Waals surface area (Å²) in [5.41, 5.74) is 0.821. The van der Waals surface area contributed by atoms with E-state index in [9.17, 15) is 8.42 Å². The van der Waals surface area contributed by atoms with Crippen molar-refractivity contribution in [2.24, 2.45) is 0 Å². The lowest BCUT2D eigenvalue weighted by Crippen LogP contribution is -2.46. The molecular formula is C25H31NO5S. The molecule has 1 aliphatic carbocycles. The van der Waals surface area contributed by atoms with Crippen LogP contribution in [0.1, 0.15) is 50.7 Å². The molecule has 0 aromatic heterocycles. The van der Waals surface area contributed by atoms with Gasteiger partial charge in [-0.05, 0) is 62.4 Å². The highest BCUT2D eigenvalue weighted by Gasteiger charge is 2.42. The van der Waals surface area contributed by atoms with Crippen molar-refractivity contribution in [1.29, 1.82) is 0 Å². The van der Waals surface area contributed by atoms with Crippen LogP contribution in [0, 0.1) is 0 Å². The lowest BCUT2D eigenvalue weighted by Gasteiger charge is -2.41. The van der Waals surface area contributed by atoms with Gasteiger partial charge in [0.2, 0.25) is 0 Å². The number of fused-ring (bicyclic) bond motifs is 1. The molecule has 7 heteroatoms. The van der Waals surface area contributed by atoms with Gasteiger partial charge < -0.3 is 19.1 Å². The van der Waals surface area contributed by atoms with Crippen LogP contribution in [0.5, 0.6) is 17.2 Å². The molecular weight excluding hydrogens is 426 g/mol. The van der Waals surface area contributed by atoms with Crippen LogP contribution >= 0.6 is 0 Å². The van der Waals surface area contributed by atoms with E-state index in [0.717, 1.165) is 43.3 Å². The molecule has 2 fully saturated rings. The molecule has 3 aliphatic rings. The molecule has 2 aromatic carbocycles. The van der Waals surface area contributed by atoms with Crippen LogP contribution in [-0.4, -0.2) is 50.9 Å². The molecule has 1 saturated heterocycles. The molecule has 2 aliphatic heterocycles. The number of hydrogen-bond acceptors (Lipinski definition) is 6. The normalized spacial score (nSPS) is 25.9. The number of benzene rings is 2. The topological polar surface area (TPSA) is 65.1 Å². The van der Waals surface area contributed by atoms with Crippen LogP contribution in [0.15, 0.2) is 47.4 Å². The van der Waals surface area contributed by atoms with Gasteiger partial charge >= 0.3 is 0 Å². The summed E-state index contributed by atoms with van der Waals surface area (Å²) in [6.07, 6.45) is 5.83. The second-order valence-corrected chi connectivity index (χ2v) is 11.3. The number of nitrogens with zero attached hydrogens (tertiary/aromatic N) is 1. The summed E-state index contributed by atoms with van der Waals surface area (Å²) in [6, 6.07) is 13.6. The maximum absolute atomic E-state index is 13.2. The Hall–Kier alpha value is -2.25. The fraction of sp³-hybridized carbons (Fsp3) is 0.520. The second kappa shape index (κ2) is 8.60. The number of rotatable bonds is 5. The van der Waals surface area contributed by atoms with Gasteiger partial charge in [-0.25, -0.2) is 8.42 Å². The van der Waals surface area contributed by atoms with Crippen LogP contribution in [0.2, 0.25) is 0 Å². The fourth-order valence-corrected chi connectivity index (χ4v) is 6.73. The summed E-state index contributed by atoms with van der Waals surface area (Å²) in [4.78, 5) is 2.75. The highest BCUT2D eigenvalue weighted by atomic mass is 32.2. The van der Waals surface area contributed by atoms with Crippen LogP contribution in [0.25, 0.3) is 0 Å². The Morgan fingerprint density at radius 1 is 1.00 bits per heavy atom. The van der Waals surface area contributed by atoms with Gasteiger partial charge in [0.1, 0.15) is 34.7 Å². The summed E-state index contributed by atoms with van der Waals surface area (Å²) in [7, 11) is -2.12. The standard InChI is InChI=1S/C25H31NO5S/c1-17-24(31-23-8-4-7-22(29-2)25(23)32(17,27)28)18-9-11-20(12-10-18)30-21-13-15-26(16-14-21)19-5-3-6-19/h4,7-12,17,19,21,24H,3,5-6,13-16H2,1-2H3/t17-,24-/m1/s1. The van der Waals surface area contributed by atoms with Crippen molar-refractivity contribution < 1.29 is 22.6 Å². The maximum Gasteiger partial charge on any atom is 0.192 e. The smallest absolute Gasteiger partial charge is 0.192 e. The Morgan fingerprint density at radius 3 is 2.34 bits per heavy atom. The van der Waals surface area contributed by atoms with Crippen LogP contribution in [0.3, 0.4) is 0 Å². The molecule has 0 radical (unpaired) electrons. The second-order valence-electron chi connectivity index (χ2n) is 9.08. The van der Waals surface area contributed by atoms with E-state index in [-0.39, 0.29) is 11.0 Å². The molecule has 6 nitrogen and oxygen atoms in total. The molecule has 5 rings (SSSR count). The van der Waals surface area contributed by atoms with E-state index in [2.05, 4.69) is 4.90 Å². The fourth-order valence-electron chi connectivity index (χ4n) is 4.99. The first kappa shape index (κ1) is 21.6. The summed E-state index contributed by atoms with van der Waals surface area (Å²) < 4.78 is 44.1. The third kappa shape index (κ3) is 3.86. The molecule has 1 saturated carbocycles. The zero-order valence-corrected chi connectivity index (χ0v) is 19.5. The van der Waals surface area contributed by atoms with Crippen LogP contribution in [-0.2, 0) is 9.84 Å². The van der Waals surface area contributed by atoms with Crippen LogP contribution < -0.4 is 14.2 Å². The zero-order valence-electron chi connectivity index (χ0n) is 18.7. The predicted molar refractivity (Wildman–Crippen MR) is 122 cm³/mol. The molecule has 0 N–H and O–H groups in total. The molecule has 0 unspecified atom stereocenters. The van der Waals surface area contributed by atoms with E-state index in [1.165, 1.54) is 26.4 Å². The molecule has 32 heavy (non-hydrogen) atoms. The maximum atomic E-state index is 13.2.